The van der Waals surface area contributed by atoms with Gasteiger partial charge in [-0.2, -0.15) is 4.98 Å². The first kappa shape index (κ1) is 17.0. The molecule has 0 aliphatic carbocycles. The Kier molecular flexibility index (Phi) is 4.76. The van der Waals surface area contributed by atoms with Crippen molar-refractivity contribution in [1.82, 2.24) is 9.97 Å². The molecule has 3 N–H and O–H groups in total. The van der Waals surface area contributed by atoms with Crippen molar-refractivity contribution in [2.75, 3.05) is 11.1 Å². The van der Waals surface area contributed by atoms with Crippen LogP contribution in [0.2, 0.25) is 5.02 Å². The van der Waals surface area contributed by atoms with Gasteiger partial charge < -0.3 is 15.8 Å². The van der Waals surface area contributed by atoms with Gasteiger partial charge in [-0.15, -0.1) is 0 Å². The van der Waals surface area contributed by atoms with E-state index < -0.39 is 0 Å². The van der Waals surface area contributed by atoms with Gasteiger partial charge in [-0.25, -0.2) is 4.98 Å². The van der Waals surface area contributed by atoms with Crippen molar-refractivity contribution in [1.29, 1.82) is 0 Å². The van der Waals surface area contributed by atoms with Gasteiger partial charge in [0.25, 0.3) is 0 Å². The van der Waals surface area contributed by atoms with E-state index in [2.05, 4.69) is 15.3 Å². The molecule has 0 bridgehead atoms. The Balaban J connectivity index is 1.89. The number of nitrogens with two attached hydrogens (primary N) is 1. The highest BCUT2D eigenvalue weighted by atomic mass is 35.5. The number of rotatable bonds is 4. The normalized spacial score (nSPS) is 10.6. The monoisotopic (exact) mass is 354 g/mol. The van der Waals surface area contributed by atoms with Gasteiger partial charge in [-0.3, -0.25) is 0 Å². The summed E-state index contributed by atoms with van der Waals surface area (Å²) in [5.41, 5.74) is 10.6. The molecule has 25 heavy (non-hydrogen) atoms. The van der Waals surface area contributed by atoms with Crippen LogP contribution in [0.25, 0.3) is 0 Å². The van der Waals surface area contributed by atoms with E-state index in [9.17, 15) is 0 Å². The number of benzene rings is 2. The number of halogens is 1. The van der Waals surface area contributed by atoms with Crippen LogP contribution < -0.4 is 15.8 Å². The second-order valence-corrected chi connectivity index (χ2v) is 6.23. The number of nitrogens with one attached hydrogen (secondary N) is 1. The summed E-state index contributed by atoms with van der Waals surface area (Å²) in [6.07, 6.45) is 1.41. The first-order valence-electron chi connectivity index (χ1n) is 7.83. The van der Waals surface area contributed by atoms with Gasteiger partial charge in [0.2, 0.25) is 5.88 Å². The summed E-state index contributed by atoms with van der Waals surface area (Å²) in [6.45, 7) is 6.00. The molecule has 6 heteroatoms. The number of nitrogen functional groups attached to an aromatic ring is 1. The number of hydrogen-bond donors (Lipinski definition) is 2. The number of aromatic nitrogens is 2. The lowest BCUT2D eigenvalue weighted by Crippen LogP contribution is -2.04. The molecule has 0 aliphatic rings. The molecule has 0 fully saturated rings. The predicted molar refractivity (Wildman–Crippen MR) is 102 cm³/mol. The summed E-state index contributed by atoms with van der Waals surface area (Å²) in [7, 11) is 0. The Hall–Kier alpha value is -2.79. The van der Waals surface area contributed by atoms with Crippen molar-refractivity contribution >= 4 is 28.8 Å². The lowest BCUT2D eigenvalue weighted by atomic mass is 10.1. The summed E-state index contributed by atoms with van der Waals surface area (Å²) in [4.78, 5) is 8.35. The molecule has 1 aromatic heterocycles. The van der Waals surface area contributed by atoms with Gasteiger partial charge in [0, 0.05) is 10.7 Å². The lowest BCUT2D eigenvalue weighted by Gasteiger charge is -2.14. The lowest BCUT2D eigenvalue weighted by molar-refractivity contribution is 0.464. The molecule has 0 saturated heterocycles. The summed E-state index contributed by atoms with van der Waals surface area (Å²) >= 11 is 6.16. The Labute approximate surface area is 151 Å². The fourth-order valence-corrected chi connectivity index (χ4v) is 2.49. The van der Waals surface area contributed by atoms with Gasteiger partial charge in [-0.05, 0) is 61.7 Å². The maximum absolute atomic E-state index is 6.19. The van der Waals surface area contributed by atoms with Gasteiger partial charge in [0.15, 0.2) is 5.82 Å². The maximum atomic E-state index is 6.19. The Bertz CT molecular complexity index is 927. The highest BCUT2D eigenvalue weighted by Crippen LogP contribution is 2.33. The van der Waals surface area contributed by atoms with Crippen LogP contribution in [0, 0.1) is 20.8 Å². The Morgan fingerprint density at radius 2 is 1.84 bits per heavy atom. The summed E-state index contributed by atoms with van der Waals surface area (Å²) < 4.78 is 5.84. The molecule has 0 radical (unpaired) electrons. The Morgan fingerprint density at radius 1 is 1.04 bits per heavy atom. The van der Waals surface area contributed by atoms with Crippen molar-refractivity contribution in [3.63, 3.8) is 0 Å². The second-order valence-electron chi connectivity index (χ2n) is 5.83. The molecule has 3 rings (SSSR count). The minimum absolute atomic E-state index is 0.306. The zero-order valence-electron chi connectivity index (χ0n) is 14.3. The summed E-state index contributed by atoms with van der Waals surface area (Å²) in [6, 6.07) is 11.4. The molecule has 0 unspecified atom stereocenters. The fourth-order valence-electron chi connectivity index (χ4n) is 2.32. The third kappa shape index (κ3) is 3.67. The Morgan fingerprint density at radius 3 is 2.60 bits per heavy atom. The minimum Gasteiger partial charge on any atom is -0.437 e. The molecule has 0 atom stereocenters. The van der Waals surface area contributed by atoms with Crippen LogP contribution in [0.3, 0.4) is 0 Å². The molecule has 0 saturated carbocycles. The predicted octanol–water partition coefficient (Wildman–Crippen LogP) is 5.17. The molecule has 3 aromatic rings. The average Bonchev–Trinajstić information content (AvgIpc) is 2.59. The maximum Gasteiger partial charge on any atom is 0.248 e. The van der Waals surface area contributed by atoms with Crippen molar-refractivity contribution in [3.8, 4) is 11.6 Å². The van der Waals surface area contributed by atoms with E-state index >= 15 is 0 Å². The third-order valence-corrected chi connectivity index (χ3v) is 4.47. The SMILES string of the molecule is Cc1ccc(Oc2ncnc(Nc3cccc(Cl)c3C)c2N)cc1C. The van der Waals surface area contributed by atoms with Crippen LogP contribution >= 0.6 is 11.6 Å². The van der Waals surface area contributed by atoms with E-state index in [1.807, 2.05) is 57.2 Å². The van der Waals surface area contributed by atoms with E-state index in [1.54, 1.807) is 0 Å². The second kappa shape index (κ2) is 6.99. The van der Waals surface area contributed by atoms with Crippen LogP contribution in [0.1, 0.15) is 16.7 Å². The summed E-state index contributed by atoms with van der Waals surface area (Å²) in [5, 5.41) is 3.86. The van der Waals surface area contributed by atoms with Crippen molar-refractivity contribution in [2.45, 2.75) is 20.8 Å². The van der Waals surface area contributed by atoms with E-state index in [0.717, 1.165) is 16.8 Å². The van der Waals surface area contributed by atoms with E-state index in [1.165, 1.54) is 11.9 Å². The van der Waals surface area contributed by atoms with E-state index in [-0.39, 0.29) is 0 Å². The van der Waals surface area contributed by atoms with Crippen LogP contribution in [-0.4, -0.2) is 9.97 Å². The van der Waals surface area contributed by atoms with Crippen molar-refractivity contribution in [3.05, 3.63) is 64.4 Å². The minimum atomic E-state index is 0.306. The molecule has 5 nitrogen and oxygen atoms in total. The van der Waals surface area contributed by atoms with Gasteiger partial charge in [0.1, 0.15) is 17.8 Å². The fraction of sp³-hybridized carbons (Fsp3) is 0.158. The quantitative estimate of drug-likeness (QED) is 0.675. The summed E-state index contributed by atoms with van der Waals surface area (Å²) in [5.74, 6) is 1.46. The molecule has 1 heterocycles. The first-order valence-corrected chi connectivity index (χ1v) is 8.21. The molecule has 128 valence electrons. The van der Waals surface area contributed by atoms with Crippen LogP contribution in [-0.2, 0) is 0 Å². The molecule has 2 aromatic carbocycles. The van der Waals surface area contributed by atoms with Crippen molar-refractivity contribution in [2.24, 2.45) is 0 Å². The largest absolute Gasteiger partial charge is 0.437 e. The van der Waals surface area contributed by atoms with Gasteiger partial charge >= 0.3 is 0 Å². The number of anilines is 3. The van der Waals surface area contributed by atoms with Crippen LogP contribution in [0.5, 0.6) is 11.6 Å². The van der Waals surface area contributed by atoms with Crippen LogP contribution in [0.15, 0.2) is 42.7 Å². The van der Waals surface area contributed by atoms with E-state index in [0.29, 0.717) is 28.2 Å². The number of nitrogens with zero attached hydrogens (tertiary/aromatic N) is 2. The highest BCUT2D eigenvalue weighted by Gasteiger charge is 2.12. The highest BCUT2D eigenvalue weighted by molar-refractivity contribution is 6.31. The standard InChI is InChI=1S/C19H19ClN4O/c1-11-7-8-14(9-12(11)2)25-19-17(21)18(22-10-23-19)24-16-6-4-5-15(20)13(16)3/h4-10H,21H2,1-3H3,(H,22,23,24). The molecular formula is C19H19ClN4O. The average molecular weight is 355 g/mol. The molecule has 0 aliphatic heterocycles. The topological polar surface area (TPSA) is 73.1 Å². The van der Waals surface area contributed by atoms with Crippen LogP contribution in [0.4, 0.5) is 17.2 Å². The number of ether oxygens (including phenoxy) is 1. The third-order valence-electron chi connectivity index (χ3n) is 4.06. The molecule has 0 amide bonds. The molecular weight excluding hydrogens is 336 g/mol. The number of aryl methyl sites for hydroxylation is 2. The van der Waals surface area contributed by atoms with Gasteiger partial charge in [0.05, 0.1) is 0 Å². The number of hydrogen-bond acceptors (Lipinski definition) is 5. The first-order chi connectivity index (χ1) is 12.0. The smallest absolute Gasteiger partial charge is 0.248 e. The zero-order valence-corrected chi connectivity index (χ0v) is 15.1. The zero-order chi connectivity index (χ0) is 18.0. The molecule has 0 spiro atoms. The van der Waals surface area contributed by atoms with E-state index in [4.69, 9.17) is 22.1 Å². The van der Waals surface area contributed by atoms with Gasteiger partial charge in [-0.1, -0.05) is 23.7 Å². The van der Waals surface area contributed by atoms with Crippen molar-refractivity contribution < 1.29 is 4.74 Å².